The predicted octanol–water partition coefficient (Wildman–Crippen LogP) is 7.55. The molecule has 4 aliphatic rings. The lowest BCUT2D eigenvalue weighted by Gasteiger charge is -2.58. The van der Waals surface area contributed by atoms with E-state index in [9.17, 15) is 5.11 Å². The summed E-state index contributed by atoms with van der Waals surface area (Å²) in [6.45, 7) is 12.6. The summed E-state index contributed by atoms with van der Waals surface area (Å²) in [4.78, 5) is 0. The fraction of sp³-hybridized carbons (Fsp3) is 0.926. The van der Waals surface area contributed by atoms with Crippen molar-refractivity contribution in [3.05, 3.63) is 11.6 Å². The zero-order valence-corrected chi connectivity index (χ0v) is 20.1. The van der Waals surface area contributed by atoms with Gasteiger partial charge in [-0.3, -0.25) is 0 Å². The smallest absolute Gasteiger partial charge is 0.0577 e. The van der Waals surface area contributed by atoms with Crippen molar-refractivity contribution in [3.8, 4) is 0 Å². The van der Waals surface area contributed by atoms with Crippen molar-refractivity contribution < 1.29 is 5.11 Å². The van der Waals surface area contributed by atoms with Gasteiger partial charge < -0.3 is 11.3 Å². The van der Waals surface area contributed by atoms with Gasteiger partial charge in [-0.05, 0) is 97.7 Å². The summed E-state index contributed by atoms with van der Waals surface area (Å²) >= 11 is 0. The molecule has 4 N–H and O–H groups in total. The lowest BCUT2D eigenvalue weighted by Crippen LogP contribution is -2.50. The minimum absolute atomic E-state index is 0. The van der Waals surface area contributed by atoms with Crippen LogP contribution in [0.25, 0.3) is 0 Å². The molecule has 8 atom stereocenters. The summed E-state index contributed by atoms with van der Waals surface area (Å²) in [6.07, 6.45) is 17.2. The van der Waals surface area contributed by atoms with Crippen molar-refractivity contribution in [2.45, 2.75) is 111 Å². The SMILES string of the molecule is CC(C)CCC[C@@H](C)[C@H]1CC[C@H]2[C@@H]3CC=C4C[C@@H](O)CC[C@]4(C)[C@H]3CC[C@]12C.N. The van der Waals surface area contributed by atoms with Gasteiger partial charge in [0.1, 0.15) is 0 Å². The van der Waals surface area contributed by atoms with Crippen molar-refractivity contribution in [1.82, 2.24) is 6.15 Å². The maximum Gasteiger partial charge on any atom is 0.0577 e. The van der Waals surface area contributed by atoms with Crippen LogP contribution in [0.3, 0.4) is 0 Å². The quantitative estimate of drug-likeness (QED) is 0.465. The molecule has 3 fully saturated rings. The van der Waals surface area contributed by atoms with Crippen LogP contribution in [0, 0.1) is 46.3 Å². The molecule has 168 valence electrons. The van der Waals surface area contributed by atoms with Gasteiger partial charge in [0.15, 0.2) is 0 Å². The Bertz CT molecular complexity index is 597. The van der Waals surface area contributed by atoms with Crippen LogP contribution in [0.2, 0.25) is 0 Å². The standard InChI is InChI=1S/C27H46O.H3N/c1-18(2)7-6-8-19(3)23-11-12-24-22-10-9-20-17-21(28)13-15-26(20,4)25(22)14-16-27(23,24)5;/h9,18-19,21-25,28H,6-8,10-17H2,1-5H3;1H3/t19-,21+,22+,23-,24+,25+,26+,27-;/m1./s1. The molecule has 4 rings (SSSR count). The molecule has 0 heterocycles. The molecule has 0 bridgehead atoms. The van der Waals surface area contributed by atoms with Crippen LogP contribution >= 0.6 is 0 Å². The maximum atomic E-state index is 10.2. The Labute approximate surface area is 180 Å². The molecule has 29 heavy (non-hydrogen) atoms. The van der Waals surface area contributed by atoms with Gasteiger partial charge >= 0.3 is 0 Å². The van der Waals surface area contributed by atoms with Crippen LogP contribution in [0.1, 0.15) is 105 Å². The van der Waals surface area contributed by atoms with E-state index >= 15 is 0 Å². The average Bonchev–Trinajstić information content (AvgIpc) is 2.99. The van der Waals surface area contributed by atoms with E-state index in [1.807, 2.05) is 0 Å². The van der Waals surface area contributed by atoms with E-state index in [0.717, 1.165) is 48.3 Å². The summed E-state index contributed by atoms with van der Waals surface area (Å²) in [5.41, 5.74) is 2.60. The molecule has 0 aliphatic heterocycles. The second-order valence-electron chi connectivity index (χ2n) is 12.2. The number of aliphatic hydroxyl groups is 1. The molecule has 0 radical (unpaired) electrons. The highest BCUT2D eigenvalue weighted by Crippen LogP contribution is 2.67. The number of fused-ring (bicyclic) bond motifs is 5. The van der Waals surface area contributed by atoms with Crippen molar-refractivity contribution in [1.29, 1.82) is 0 Å². The zero-order chi connectivity index (χ0) is 20.1. The number of hydrogen-bond donors (Lipinski definition) is 2. The van der Waals surface area contributed by atoms with E-state index in [4.69, 9.17) is 0 Å². The molecule has 0 spiro atoms. The Hall–Kier alpha value is -0.340. The Morgan fingerprint density at radius 1 is 1.00 bits per heavy atom. The number of allylic oxidation sites excluding steroid dienone is 1. The first-order valence-electron chi connectivity index (χ1n) is 12.6. The molecule has 0 unspecified atom stereocenters. The topological polar surface area (TPSA) is 55.2 Å². The fourth-order valence-electron chi connectivity index (χ4n) is 8.67. The first kappa shape index (κ1) is 23.3. The highest BCUT2D eigenvalue weighted by molar-refractivity contribution is 5.25. The van der Waals surface area contributed by atoms with E-state index in [2.05, 4.69) is 40.7 Å². The summed E-state index contributed by atoms with van der Waals surface area (Å²) in [7, 11) is 0. The molecule has 0 aromatic carbocycles. The second kappa shape index (κ2) is 8.65. The zero-order valence-electron chi connectivity index (χ0n) is 20.1. The van der Waals surface area contributed by atoms with E-state index in [1.54, 1.807) is 5.57 Å². The van der Waals surface area contributed by atoms with Crippen LogP contribution in [0.5, 0.6) is 0 Å². The Morgan fingerprint density at radius 3 is 2.48 bits per heavy atom. The monoisotopic (exact) mass is 403 g/mol. The third kappa shape index (κ3) is 3.98. The van der Waals surface area contributed by atoms with Crippen molar-refractivity contribution in [2.24, 2.45) is 46.3 Å². The van der Waals surface area contributed by atoms with Crippen LogP contribution in [0.4, 0.5) is 0 Å². The minimum atomic E-state index is -0.0766. The molecule has 0 amide bonds. The summed E-state index contributed by atoms with van der Waals surface area (Å²) in [5, 5.41) is 10.2. The van der Waals surface area contributed by atoms with Gasteiger partial charge in [0.2, 0.25) is 0 Å². The largest absolute Gasteiger partial charge is 0.393 e. The van der Waals surface area contributed by atoms with Crippen molar-refractivity contribution >= 4 is 0 Å². The van der Waals surface area contributed by atoms with Gasteiger partial charge in [-0.25, -0.2) is 0 Å². The molecule has 3 saturated carbocycles. The van der Waals surface area contributed by atoms with E-state index in [1.165, 1.54) is 57.8 Å². The molecular formula is C27H49NO. The molecule has 4 aliphatic carbocycles. The Kier molecular flexibility index (Phi) is 6.96. The lowest BCUT2D eigenvalue weighted by atomic mass is 9.47. The van der Waals surface area contributed by atoms with Crippen LogP contribution in [0.15, 0.2) is 11.6 Å². The molecule has 2 nitrogen and oxygen atoms in total. The van der Waals surface area contributed by atoms with Crippen molar-refractivity contribution in [3.63, 3.8) is 0 Å². The minimum Gasteiger partial charge on any atom is -0.393 e. The van der Waals surface area contributed by atoms with Gasteiger partial charge in [-0.1, -0.05) is 65.5 Å². The summed E-state index contributed by atoms with van der Waals surface area (Å²) in [5.74, 6) is 5.46. The van der Waals surface area contributed by atoms with E-state index in [-0.39, 0.29) is 12.3 Å². The molecule has 2 heteroatoms. The van der Waals surface area contributed by atoms with Gasteiger partial charge in [-0.2, -0.15) is 0 Å². The first-order valence-corrected chi connectivity index (χ1v) is 12.6. The Morgan fingerprint density at radius 2 is 1.76 bits per heavy atom. The normalized spacial score (nSPS) is 44.9. The first-order chi connectivity index (χ1) is 13.3. The van der Waals surface area contributed by atoms with Crippen LogP contribution in [-0.2, 0) is 0 Å². The van der Waals surface area contributed by atoms with Gasteiger partial charge in [0.25, 0.3) is 0 Å². The highest BCUT2D eigenvalue weighted by atomic mass is 16.3. The van der Waals surface area contributed by atoms with Crippen LogP contribution < -0.4 is 6.15 Å². The predicted molar refractivity (Wildman–Crippen MR) is 124 cm³/mol. The van der Waals surface area contributed by atoms with Crippen LogP contribution in [-0.4, -0.2) is 11.2 Å². The second-order valence-corrected chi connectivity index (χ2v) is 12.2. The van der Waals surface area contributed by atoms with Gasteiger partial charge in [-0.15, -0.1) is 0 Å². The van der Waals surface area contributed by atoms with Gasteiger partial charge in [0.05, 0.1) is 6.10 Å². The molecular weight excluding hydrogens is 354 g/mol. The van der Waals surface area contributed by atoms with Crippen molar-refractivity contribution in [2.75, 3.05) is 0 Å². The highest BCUT2D eigenvalue weighted by Gasteiger charge is 2.59. The summed E-state index contributed by atoms with van der Waals surface area (Å²) < 4.78 is 0. The number of aliphatic hydroxyl groups excluding tert-OH is 1. The van der Waals surface area contributed by atoms with E-state index < -0.39 is 0 Å². The number of rotatable bonds is 5. The Balaban J connectivity index is 0.00000240. The fourth-order valence-corrected chi connectivity index (χ4v) is 8.67. The van der Waals surface area contributed by atoms with E-state index in [0.29, 0.717) is 10.8 Å². The lowest BCUT2D eigenvalue weighted by molar-refractivity contribution is -0.0573. The third-order valence-electron chi connectivity index (χ3n) is 10.3. The molecule has 0 aromatic rings. The van der Waals surface area contributed by atoms with Gasteiger partial charge in [0, 0.05) is 0 Å². The molecule has 0 aromatic heterocycles. The third-order valence-corrected chi connectivity index (χ3v) is 10.3. The average molecular weight is 404 g/mol. The molecule has 0 saturated heterocycles. The summed E-state index contributed by atoms with van der Waals surface area (Å²) in [6, 6.07) is 0. The number of hydrogen-bond acceptors (Lipinski definition) is 2. The maximum absolute atomic E-state index is 10.2.